The Kier molecular flexibility index (Phi) is 4.96. The highest BCUT2D eigenvalue weighted by Gasteiger charge is 2.34. The van der Waals surface area contributed by atoms with Gasteiger partial charge in [-0.15, -0.1) is 0 Å². The van der Waals surface area contributed by atoms with Crippen LogP contribution in [-0.4, -0.2) is 26.6 Å². The number of benzene rings is 1. The van der Waals surface area contributed by atoms with E-state index >= 15 is 0 Å². The van der Waals surface area contributed by atoms with Crippen LogP contribution in [0.4, 0.5) is 0 Å². The summed E-state index contributed by atoms with van der Waals surface area (Å²) in [7, 11) is 0. The van der Waals surface area contributed by atoms with Crippen LogP contribution in [0.3, 0.4) is 0 Å². The highest BCUT2D eigenvalue weighted by Crippen LogP contribution is 2.34. The number of hydrogen-bond donors (Lipinski definition) is 1. The lowest BCUT2D eigenvalue weighted by Crippen LogP contribution is -2.26. The third-order valence-corrected chi connectivity index (χ3v) is 5.55. The van der Waals surface area contributed by atoms with Crippen molar-refractivity contribution in [2.45, 2.75) is 39.7 Å². The number of H-pyrrole nitrogens is 1. The second-order valence-electron chi connectivity index (χ2n) is 7.28. The Labute approximate surface area is 173 Å². The Morgan fingerprint density at radius 3 is 2.69 bits per heavy atom. The van der Waals surface area contributed by atoms with E-state index in [4.69, 9.17) is 11.6 Å². The molecular formula is C22H21ClN4O2. The van der Waals surface area contributed by atoms with Crippen LogP contribution in [0.2, 0.25) is 5.15 Å². The summed E-state index contributed by atoms with van der Waals surface area (Å²) in [6.07, 6.45) is 2.37. The van der Waals surface area contributed by atoms with E-state index in [2.05, 4.69) is 15.1 Å². The Morgan fingerprint density at radius 1 is 1.28 bits per heavy atom. The second kappa shape index (κ2) is 7.44. The summed E-state index contributed by atoms with van der Waals surface area (Å²) in [6, 6.07) is 9.56. The zero-order valence-corrected chi connectivity index (χ0v) is 17.2. The largest absolute Gasteiger partial charge is 0.320 e. The van der Waals surface area contributed by atoms with Crippen molar-refractivity contribution in [2.75, 3.05) is 0 Å². The molecule has 1 aliphatic rings. The van der Waals surface area contributed by atoms with Crippen molar-refractivity contribution in [3.05, 3.63) is 74.3 Å². The average Bonchev–Trinajstić information content (AvgIpc) is 3.13. The number of aromatic amines is 1. The second-order valence-corrected chi connectivity index (χ2v) is 7.66. The molecule has 0 bridgehead atoms. The molecule has 0 radical (unpaired) electrons. The summed E-state index contributed by atoms with van der Waals surface area (Å²) in [5.41, 5.74) is 4.39. The molecule has 7 heteroatoms. The van der Waals surface area contributed by atoms with E-state index in [1.165, 1.54) is 5.01 Å². The fourth-order valence-corrected chi connectivity index (χ4v) is 3.94. The van der Waals surface area contributed by atoms with Crippen LogP contribution in [-0.2, 0) is 4.79 Å². The lowest BCUT2D eigenvalue weighted by Gasteiger charge is -2.21. The van der Waals surface area contributed by atoms with Crippen molar-refractivity contribution in [3.8, 4) is 0 Å². The molecular weight excluding hydrogens is 388 g/mol. The fourth-order valence-electron chi connectivity index (χ4n) is 3.78. The number of aryl methyl sites for hydroxylation is 2. The van der Waals surface area contributed by atoms with Gasteiger partial charge < -0.3 is 4.98 Å². The third-order valence-electron chi connectivity index (χ3n) is 5.34. The van der Waals surface area contributed by atoms with E-state index in [9.17, 15) is 9.59 Å². The van der Waals surface area contributed by atoms with Gasteiger partial charge in [-0.25, -0.2) is 9.99 Å². The summed E-state index contributed by atoms with van der Waals surface area (Å²) < 4.78 is 0. The number of amides is 1. The smallest absolute Gasteiger partial charge is 0.257 e. The molecule has 1 amide bonds. The number of halogens is 1. The molecule has 1 aliphatic heterocycles. The predicted octanol–water partition coefficient (Wildman–Crippen LogP) is 4.28. The number of fused-ring (bicyclic) bond motifs is 1. The number of nitrogens with zero attached hydrogens (tertiary/aromatic N) is 3. The summed E-state index contributed by atoms with van der Waals surface area (Å²) in [4.78, 5) is 32.3. The molecule has 29 heavy (non-hydrogen) atoms. The van der Waals surface area contributed by atoms with Gasteiger partial charge in [-0.3, -0.25) is 9.59 Å². The quantitative estimate of drug-likeness (QED) is 0.657. The number of pyridine rings is 2. The normalized spacial score (nSPS) is 16.3. The standard InChI is InChI=1S/C22H21ClN4O2/c1-4-20(28)27-18(14-7-5-12(2)6-8-14)10-16(26-27)21-13(3)15-9-19(23)24-11-17(15)25-22(21)29/h5-9,11,18H,4,10H2,1-3H3,(H,25,29). The topological polar surface area (TPSA) is 78.4 Å². The molecule has 4 rings (SSSR count). The third kappa shape index (κ3) is 3.44. The highest BCUT2D eigenvalue weighted by atomic mass is 35.5. The van der Waals surface area contributed by atoms with Crippen LogP contribution in [0.5, 0.6) is 0 Å². The lowest BCUT2D eigenvalue weighted by molar-refractivity contribution is -0.132. The van der Waals surface area contributed by atoms with Crippen molar-refractivity contribution >= 4 is 34.1 Å². The first-order valence-electron chi connectivity index (χ1n) is 9.53. The molecule has 3 heterocycles. The maximum absolute atomic E-state index is 12.9. The van der Waals surface area contributed by atoms with Gasteiger partial charge in [0.15, 0.2) is 0 Å². The molecule has 0 aliphatic carbocycles. The van der Waals surface area contributed by atoms with Crippen molar-refractivity contribution in [2.24, 2.45) is 5.10 Å². The molecule has 148 valence electrons. The van der Waals surface area contributed by atoms with Gasteiger partial charge in [0.25, 0.3) is 5.56 Å². The molecule has 0 fully saturated rings. The first-order valence-corrected chi connectivity index (χ1v) is 9.91. The number of hydrogen-bond acceptors (Lipinski definition) is 4. The van der Waals surface area contributed by atoms with Crippen LogP contribution in [0.15, 0.2) is 46.4 Å². The van der Waals surface area contributed by atoms with Gasteiger partial charge >= 0.3 is 0 Å². The summed E-state index contributed by atoms with van der Waals surface area (Å²) >= 11 is 6.06. The van der Waals surface area contributed by atoms with Gasteiger partial charge in [-0.2, -0.15) is 5.10 Å². The van der Waals surface area contributed by atoms with Gasteiger partial charge in [0.05, 0.1) is 29.0 Å². The minimum atomic E-state index is -0.244. The Morgan fingerprint density at radius 2 is 2.00 bits per heavy atom. The van der Waals surface area contributed by atoms with Crippen LogP contribution in [0.25, 0.3) is 10.9 Å². The number of rotatable bonds is 3. The Hall–Kier alpha value is -2.99. The van der Waals surface area contributed by atoms with Crippen molar-refractivity contribution in [1.29, 1.82) is 0 Å². The minimum Gasteiger partial charge on any atom is -0.320 e. The maximum Gasteiger partial charge on any atom is 0.257 e. The molecule has 0 spiro atoms. The van der Waals surface area contributed by atoms with Crippen LogP contribution >= 0.6 is 11.6 Å². The first-order chi connectivity index (χ1) is 13.9. The molecule has 2 aromatic heterocycles. The van der Waals surface area contributed by atoms with Crippen molar-refractivity contribution in [3.63, 3.8) is 0 Å². The number of carbonyl (C=O) groups is 1. The fraction of sp³-hybridized carbons (Fsp3) is 0.273. The van der Waals surface area contributed by atoms with Gasteiger partial charge in [-0.05, 0) is 31.0 Å². The number of nitrogens with one attached hydrogen (secondary N) is 1. The molecule has 1 aromatic carbocycles. The highest BCUT2D eigenvalue weighted by molar-refractivity contribution is 6.30. The van der Waals surface area contributed by atoms with Gasteiger partial charge in [0.1, 0.15) is 5.15 Å². The van der Waals surface area contributed by atoms with Crippen LogP contribution < -0.4 is 5.56 Å². The Balaban J connectivity index is 1.83. The first kappa shape index (κ1) is 19.3. The minimum absolute atomic E-state index is 0.0762. The summed E-state index contributed by atoms with van der Waals surface area (Å²) in [5, 5.41) is 7.28. The van der Waals surface area contributed by atoms with Crippen LogP contribution in [0.1, 0.15) is 48.1 Å². The lowest BCUT2D eigenvalue weighted by atomic mass is 9.95. The van der Waals surface area contributed by atoms with Gasteiger partial charge in [-0.1, -0.05) is 48.4 Å². The summed E-state index contributed by atoms with van der Waals surface area (Å²) in [5.74, 6) is -0.0762. The zero-order valence-electron chi connectivity index (χ0n) is 16.5. The molecule has 6 nitrogen and oxygen atoms in total. The molecule has 1 unspecified atom stereocenters. The summed E-state index contributed by atoms with van der Waals surface area (Å²) in [6.45, 7) is 5.70. The molecule has 1 atom stereocenters. The molecule has 0 saturated carbocycles. The SMILES string of the molecule is CCC(=O)N1N=C(c2c(C)c3cc(Cl)ncc3[nH]c2=O)CC1c1ccc(C)cc1. The van der Waals surface area contributed by atoms with Gasteiger partial charge in [0, 0.05) is 18.2 Å². The zero-order chi connectivity index (χ0) is 20.7. The number of hydrazone groups is 1. The predicted molar refractivity (Wildman–Crippen MR) is 114 cm³/mol. The molecule has 0 saturated heterocycles. The van der Waals surface area contributed by atoms with E-state index in [-0.39, 0.29) is 17.5 Å². The monoisotopic (exact) mass is 408 g/mol. The number of aromatic nitrogens is 2. The van der Waals surface area contributed by atoms with E-state index in [0.29, 0.717) is 34.8 Å². The van der Waals surface area contributed by atoms with Crippen LogP contribution in [0, 0.1) is 13.8 Å². The molecule has 3 aromatic rings. The van der Waals surface area contributed by atoms with E-state index in [1.807, 2.05) is 45.0 Å². The molecule has 1 N–H and O–H groups in total. The maximum atomic E-state index is 12.9. The Bertz CT molecular complexity index is 1200. The van der Waals surface area contributed by atoms with E-state index in [0.717, 1.165) is 22.1 Å². The van der Waals surface area contributed by atoms with Gasteiger partial charge in [0.2, 0.25) is 5.91 Å². The number of carbonyl (C=O) groups excluding carboxylic acids is 1. The van der Waals surface area contributed by atoms with Crippen molar-refractivity contribution in [1.82, 2.24) is 15.0 Å². The van der Waals surface area contributed by atoms with Crippen molar-refractivity contribution < 1.29 is 4.79 Å². The van der Waals surface area contributed by atoms with E-state index in [1.54, 1.807) is 12.3 Å². The average molecular weight is 409 g/mol. The van der Waals surface area contributed by atoms with E-state index < -0.39 is 0 Å².